The van der Waals surface area contributed by atoms with E-state index < -0.39 is 0 Å². The minimum Gasteiger partial charge on any atom is -0.312 e. The molecule has 0 unspecified atom stereocenters. The van der Waals surface area contributed by atoms with E-state index in [1.165, 1.54) is 17.0 Å². The lowest BCUT2D eigenvalue weighted by molar-refractivity contribution is 0.621. The molecule has 5 heteroatoms. The van der Waals surface area contributed by atoms with Gasteiger partial charge < -0.3 is 5.32 Å². The maximum atomic E-state index is 6.11. The van der Waals surface area contributed by atoms with Gasteiger partial charge in [0, 0.05) is 35.1 Å². The number of nitrogens with zero attached hydrogens (tertiary/aromatic N) is 2. The van der Waals surface area contributed by atoms with Crippen LogP contribution >= 0.6 is 23.2 Å². The van der Waals surface area contributed by atoms with Crippen molar-refractivity contribution in [2.75, 3.05) is 6.54 Å². The summed E-state index contributed by atoms with van der Waals surface area (Å²) < 4.78 is 2.01. The molecule has 0 amide bonds. The SMILES string of the molecule is CCCc1nn(-c2cc(Cl)cc(Cl)c2)c2c1CNCC2. The lowest BCUT2D eigenvalue weighted by atomic mass is 10.0. The molecule has 0 radical (unpaired) electrons. The minimum atomic E-state index is 0.641. The molecule has 3 nitrogen and oxygen atoms in total. The zero-order chi connectivity index (χ0) is 14.1. The van der Waals surface area contributed by atoms with Crippen LogP contribution in [0.2, 0.25) is 10.0 Å². The number of halogens is 2. The van der Waals surface area contributed by atoms with Crippen LogP contribution in [0.1, 0.15) is 30.3 Å². The number of aromatic nitrogens is 2. The summed E-state index contributed by atoms with van der Waals surface area (Å²) in [5, 5.41) is 9.50. The van der Waals surface area contributed by atoms with Gasteiger partial charge in [-0.25, -0.2) is 4.68 Å². The third-order valence-electron chi connectivity index (χ3n) is 3.59. The summed E-state index contributed by atoms with van der Waals surface area (Å²) in [6.07, 6.45) is 3.08. The summed E-state index contributed by atoms with van der Waals surface area (Å²) in [5.74, 6) is 0. The van der Waals surface area contributed by atoms with Crippen LogP contribution in [-0.4, -0.2) is 16.3 Å². The van der Waals surface area contributed by atoms with Crippen molar-refractivity contribution in [3.05, 3.63) is 45.2 Å². The Morgan fingerprint density at radius 1 is 1.25 bits per heavy atom. The van der Waals surface area contributed by atoms with Gasteiger partial charge in [-0.15, -0.1) is 0 Å². The quantitative estimate of drug-likeness (QED) is 0.935. The predicted molar refractivity (Wildman–Crippen MR) is 83.0 cm³/mol. The molecule has 106 valence electrons. The number of aryl methyl sites for hydroxylation is 1. The van der Waals surface area contributed by atoms with E-state index in [9.17, 15) is 0 Å². The first-order valence-electron chi connectivity index (χ1n) is 6.96. The maximum absolute atomic E-state index is 6.11. The lowest BCUT2D eigenvalue weighted by Crippen LogP contribution is -2.25. The van der Waals surface area contributed by atoms with Crippen molar-refractivity contribution in [1.82, 2.24) is 15.1 Å². The van der Waals surface area contributed by atoms with Gasteiger partial charge in [-0.2, -0.15) is 5.10 Å². The Labute approximate surface area is 128 Å². The van der Waals surface area contributed by atoms with Crippen molar-refractivity contribution in [2.45, 2.75) is 32.7 Å². The van der Waals surface area contributed by atoms with Gasteiger partial charge >= 0.3 is 0 Å². The highest BCUT2D eigenvalue weighted by molar-refractivity contribution is 6.34. The fourth-order valence-corrected chi connectivity index (χ4v) is 3.24. The van der Waals surface area contributed by atoms with Crippen LogP contribution in [0.5, 0.6) is 0 Å². The van der Waals surface area contributed by atoms with Gasteiger partial charge in [0.2, 0.25) is 0 Å². The molecule has 0 fully saturated rings. The van der Waals surface area contributed by atoms with E-state index in [4.69, 9.17) is 28.3 Å². The fraction of sp³-hybridized carbons (Fsp3) is 0.400. The van der Waals surface area contributed by atoms with Gasteiger partial charge in [-0.3, -0.25) is 0 Å². The Morgan fingerprint density at radius 2 is 2.00 bits per heavy atom. The molecule has 0 saturated carbocycles. The van der Waals surface area contributed by atoms with Crippen molar-refractivity contribution < 1.29 is 0 Å². The molecule has 3 rings (SSSR count). The smallest absolute Gasteiger partial charge is 0.0678 e. The first-order valence-corrected chi connectivity index (χ1v) is 7.71. The van der Waals surface area contributed by atoms with E-state index in [1.807, 2.05) is 16.8 Å². The van der Waals surface area contributed by atoms with E-state index in [2.05, 4.69) is 12.2 Å². The second kappa shape index (κ2) is 5.76. The molecule has 0 bridgehead atoms. The lowest BCUT2D eigenvalue weighted by Gasteiger charge is -2.16. The van der Waals surface area contributed by atoms with Crippen molar-refractivity contribution >= 4 is 23.2 Å². The summed E-state index contributed by atoms with van der Waals surface area (Å²) in [7, 11) is 0. The van der Waals surface area contributed by atoms with Gasteiger partial charge in [0.05, 0.1) is 17.1 Å². The van der Waals surface area contributed by atoms with Crippen LogP contribution in [0.3, 0.4) is 0 Å². The van der Waals surface area contributed by atoms with Gasteiger partial charge in [-0.05, 0) is 24.6 Å². The van der Waals surface area contributed by atoms with Crippen LogP contribution < -0.4 is 5.32 Å². The van der Waals surface area contributed by atoms with Gasteiger partial charge in [-0.1, -0.05) is 36.5 Å². The third-order valence-corrected chi connectivity index (χ3v) is 4.03. The highest BCUT2D eigenvalue weighted by atomic mass is 35.5. The number of rotatable bonds is 3. The van der Waals surface area contributed by atoms with Crippen LogP contribution in [-0.2, 0) is 19.4 Å². The predicted octanol–water partition coefficient (Wildman–Crippen LogP) is 3.78. The second-order valence-electron chi connectivity index (χ2n) is 5.09. The highest BCUT2D eigenvalue weighted by Crippen LogP contribution is 2.26. The van der Waals surface area contributed by atoms with E-state index in [-0.39, 0.29) is 0 Å². The zero-order valence-electron chi connectivity index (χ0n) is 11.4. The largest absolute Gasteiger partial charge is 0.312 e. The average molecular weight is 310 g/mol. The Hall–Kier alpha value is -1.03. The first kappa shape index (κ1) is 13.9. The molecule has 0 spiro atoms. The van der Waals surface area contributed by atoms with Crippen molar-refractivity contribution in [3.8, 4) is 5.69 Å². The number of hydrogen-bond donors (Lipinski definition) is 1. The Morgan fingerprint density at radius 3 is 2.70 bits per heavy atom. The summed E-state index contributed by atoms with van der Waals surface area (Å²) >= 11 is 12.2. The number of fused-ring (bicyclic) bond motifs is 1. The molecule has 2 aromatic rings. The molecule has 2 heterocycles. The summed E-state index contributed by atoms with van der Waals surface area (Å²) in [5.41, 5.74) is 4.76. The van der Waals surface area contributed by atoms with E-state index >= 15 is 0 Å². The molecule has 0 atom stereocenters. The molecule has 0 aliphatic carbocycles. The molecule has 1 aromatic heterocycles. The summed E-state index contributed by atoms with van der Waals surface area (Å²) in [4.78, 5) is 0. The van der Waals surface area contributed by atoms with E-state index in [0.717, 1.165) is 38.0 Å². The number of nitrogens with one attached hydrogen (secondary N) is 1. The van der Waals surface area contributed by atoms with E-state index in [1.54, 1.807) is 6.07 Å². The minimum absolute atomic E-state index is 0.641. The highest BCUT2D eigenvalue weighted by Gasteiger charge is 2.21. The molecule has 1 aliphatic heterocycles. The van der Waals surface area contributed by atoms with Crippen molar-refractivity contribution in [3.63, 3.8) is 0 Å². The molecule has 1 N–H and O–H groups in total. The summed E-state index contributed by atoms with van der Waals surface area (Å²) in [6.45, 7) is 4.06. The number of hydrogen-bond acceptors (Lipinski definition) is 2. The van der Waals surface area contributed by atoms with Gasteiger partial charge in [0.25, 0.3) is 0 Å². The van der Waals surface area contributed by atoms with Crippen LogP contribution in [0, 0.1) is 0 Å². The number of benzene rings is 1. The summed E-state index contributed by atoms with van der Waals surface area (Å²) in [6, 6.07) is 5.58. The topological polar surface area (TPSA) is 29.9 Å². The molecule has 0 saturated heterocycles. The third kappa shape index (κ3) is 2.58. The van der Waals surface area contributed by atoms with Crippen LogP contribution in [0.15, 0.2) is 18.2 Å². The second-order valence-corrected chi connectivity index (χ2v) is 5.96. The van der Waals surface area contributed by atoms with Gasteiger partial charge in [0.1, 0.15) is 0 Å². The monoisotopic (exact) mass is 309 g/mol. The van der Waals surface area contributed by atoms with Gasteiger partial charge in [0.15, 0.2) is 0 Å². The normalized spacial score (nSPS) is 14.3. The average Bonchev–Trinajstić information content (AvgIpc) is 2.78. The molecular formula is C15H17Cl2N3. The van der Waals surface area contributed by atoms with Crippen LogP contribution in [0.4, 0.5) is 0 Å². The molecular weight excluding hydrogens is 293 g/mol. The van der Waals surface area contributed by atoms with Crippen LogP contribution in [0.25, 0.3) is 5.69 Å². The standard InChI is InChI=1S/C15H17Cl2N3/c1-2-3-14-13-9-18-5-4-15(13)20(19-14)12-7-10(16)6-11(17)8-12/h6-8,18H,2-5,9H2,1H3. The van der Waals surface area contributed by atoms with Crippen molar-refractivity contribution in [1.29, 1.82) is 0 Å². The Balaban J connectivity index is 2.13. The maximum Gasteiger partial charge on any atom is 0.0678 e. The van der Waals surface area contributed by atoms with E-state index in [0.29, 0.717) is 10.0 Å². The fourth-order valence-electron chi connectivity index (χ4n) is 2.73. The molecule has 20 heavy (non-hydrogen) atoms. The molecule has 1 aliphatic rings. The zero-order valence-corrected chi connectivity index (χ0v) is 12.9. The Bertz CT molecular complexity index is 614. The Kier molecular flexibility index (Phi) is 4.01. The first-order chi connectivity index (χ1) is 9.69. The molecule has 1 aromatic carbocycles. The van der Waals surface area contributed by atoms with Crippen molar-refractivity contribution in [2.24, 2.45) is 0 Å².